The standard InChI is InChI=1S/C15H14N4O/c1-18(10-12-6-2-4-8-16-12)15-13(11-20)19-9-5-3-7-14(19)17-15/h2-9,11H,10H2,1H3. The van der Waals surface area contributed by atoms with E-state index >= 15 is 0 Å². The van der Waals surface area contributed by atoms with E-state index in [-0.39, 0.29) is 0 Å². The zero-order valence-electron chi connectivity index (χ0n) is 11.1. The van der Waals surface area contributed by atoms with Crippen LogP contribution in [0.3, 0.4) is 0 Å². The lowest BCUT2D eigenvalue weighted by molar-refractivity contribution is 0.111. The van der Waals surface area contributed by atoms with Crippen LogP contribution in [0.25, 0.3) is 5.65 Å². The highest BCUT2D eigenvalue weighted by Gasteiger charge is 2.15. The maximum atomic E-state index is 11.4. The molecule has 0 aliphatic heterocycles. The van der Waals surface area contributed by atoms with Gasteiger partial charge in [0.15, 0.2) is 12.1 Å². The van der Waals surface area contributed by atoms with E-state index in [0.717, 1.165) is 17.6 Å². The highest BCUT2D eigenvalue weighted by atomic mass is 16.1. The number of carbonyl (C=O) groups excluding carboxylic acids is 1. The molecule has 0 aromatic carbocycles. The monoisotopic (exact) mass is 266 g/mol. The van der Waals surface area contributed by atoms with Crippen LogP contribution in [0.4, 0.5) is 5.82 Å². The molecule has 0 atom stereocenters. The van der Waals surface area contributed by atoms with E-state index in [2.05, 4.69) is 9.97 Å². The van der Waals surface area contributed by atoms with Crippen LogP contribution < -0.4 is 4.90 Å². The molecular weight excluding hydrogens is 252 g/mol. The highest BCUT2D eigenvalue weighted by molar-refractivity contribution is 5.83. The van der Waals surface area contributed by atoms with E-state index in [9.17, 15) is 4.79 Å². The Morgan fingerprint density at radius 3 is 2.85 bits per heavy atom. The van der Waals surface area contributed by atoms with E-state index in [4.69, 9.17) is 0 Å². The summed E-state index contributed by atoms with van der Waals surface area (Å²) in [5, 5.41) is 0. The van der Waals surface area contributed by atoms with Crippen LogP contribution in [0.2, 0.25) is 0 Å². The molecule has 100 valence electrons. The van der Waals surface area contributed by atoms with Gasteiger partial charge in [-0.1, -0.05) is 12.1 Å². The molecule has 3 aromatic heterocycles. The van der Waals surface area contributed by atoms with Crippen molar-refractivity contribution in [1.82, 2.24) is 14.4 Å². The van der Waals surface area contributed by atoms with Crippen molar-refractivity contribution in [2.24, 2.45) is 0 Å². The Morgan fingerprint density at radius 2 is 2.10 bits per heavy atom. The molecule has 0 aliphatic rings. The number of rotatable bonds is 4. The second kappa shape index (κ2) is 5.13. The van der Waals surface area contributed by atoms with E-state index < -0.39 is 0 Å². The van der Waals surface area contributed by atoms with Crippen molar-refractivity contribution in [3.05, 3.63) is 60.2 Å². The first-order valence-electron chi connectivity index (χ1n) is 6.33. The first-order chi connectivity index (χ1) is 9.79. The number of imidazole rings is 1. The van der Waals surface area contributed by atoms with E-state index in [1.807, 2.05) is 54.5 Å². The average Bonchev–Trinajstić information content (AvgIpc) is 2.87. The molecule has 0 radical (unpaired) electrons. The van der Waals surface area contributed by atoms with Gasteiger partial charge in [-0.2, -0.15) is 0 Å². The minimum atomic E-state index is 0.555. The van der Waals surface area contributed by atoms with Crippen LogP contribution in [0.1, 0.15) is 16.2 Å². The van der Waals surface area contributed by atoms with Gasteiger partial charge in [-0.05, 0) is 24.3 Å². The third-order valence-corrected chi connectivity index (χ3v) is 3.15. The van der Waals surface area contributed by atoms with E-state index in [1.54, 1.807) is 10.6 Å². The number of anilines is 1. The molecule has 0 amide bonds. The number of fused-ring (bicyclic) bond motifs is 1. The lowest BCUT2D eigenvalue weighted by Crippen LogP contribution is -2.19. The Bertz CT molecular complexity index is 736. The summed E-state index contributed by atoms with van der Waals surface area (Å²) in [4.78, 5) is 22.1. The van der Waals surface area contributed by atoms with Crippen LogP contribution in [-0.4, -0.2) is 27.7 Å². The number of aromatic nitrogens is 3. The van der Waals surface area contributed by atoms with Gasteiger partial charge < -0.3 is 4.90 Å². The third-order valence-electron chi connectivity index (χ3n) is 3.15. The largest absolute Gasteiger partial charge is 0.352 e. The van der Waals surface area contributed by atoms with Crippen LogP contribution in [0.5, 0.6) is 0 Å². The predicted octanol–water partition coefficient (Wildman–Crippen LogP) is 2.18. The number of hydrogen-bond acceptors (Lipinski definition) is 4. The quantitative estimate of drug-likeness (QED) is 0.679. The van der Waals surface area contributed by atoms with Crippen LogP contribution in [-0.2, 0) is 6.54 Å². The third kappa shape index (κ3) is 2.14. The van der Waals surface area contributed by atoms with Crippen molar-refractivity contribution in [1.29, 1.82) is 0 Å². The average molecular weight is 266 g/mol. The molecule has 5 nitrogen and oxygen atoms in total. The molecule has 0 fully saturated rings. The van der Waals surface area contributed by atoms with Gasteiger partial charge in [0, 0.05) is 19.4 Å². The Hall–Kier alpha value is -2.69. The summed E-state index contributed by atoms with van der Waals surface area (Å²) in [6.45, 7) is 0.603. The van der Waals surface area contributed by atoms with Crippen molar-refractivity contribution in [2.75, 3.05) is 11.9 Å². The second-order valence-corrected chi connectivity index (χ2v) is 4.54. The number of hydrogen-bond donors (Lipinski definition) is 0. The fraction of sp³-hybridized carbons (Fsp3) is 0.133. The van der Waals surface area contributed by atoms with Gasteiger partial charge in [0.25, 0.3) is 0 Å². The maximum Gasteiger partial charge on any atom is 0.170 e. The fourth-order valence-corrected chi connectivity index (χ4v) is 2.20. The summed E-state index contributed by atoms with van der Waals surface area (Å²) < 4.78 is 1.79. The summed E-state index contributed by atoms with van der Waals surface area (Å²) in [7, 11) is 1.91. The van der Waals surface area contributed by atoms with Gasteiger partial charge in [0.05, 0.1) is 12.2 Å². The first kappa shape index (κ1) is 12.3. The van der Waals surface area contributed by atoms with Gasteiger partial charge in [0.2, 0.25) is 0 Å². The highest BCUT2D eigenvalue weighted by Crippen LogP contribution is 2.20. The molecule has 3 rings (SSSR count). The topological polar surface area (TPSA) is 50.5 Å². The molecule has 0 saturated carbocycles. The van der Waals surface area contributed by atoms with E-state index in [0.29, 0.717) is 18.1 Å². The summed E-state index contributed by atoms with van der Waals surface area (Å²) in [5.74, 6) is 0.664. The van der Waals surface area contributed by atoms with Gasteiger partial charge in [0.1, 0.15) is 11.3 Å². The zero-order valence-corrected chi connectivity index (χ0v) is 11.1. The fourth-order valence-electron chi connectivity index (χ4n) is 2.20. The zero-order chi connectivity index (χ0) is 13.9. The summed E-state index contributed by atoms with van der Waals surface area (Å²) >= 11 is 0. The smallest absolute Gasteiger partial charge is 0.170 e. The molecular formula is C15H14N4O. The summed E-state index contributed by atoms with van der Waals surface area (Å²) in [6.07, 6.45) is 4.43. The van der Waals surface area contributed by atoms with Crippen molar-refractivity contribution in [2.45, 2.75) is 6.54 Å². The molecule has 0 spiro atoms. The maximum absolute atomic E-state index is 11.4. The number of pyridine rings is 2. The minimum Gasteiger partial charge on any atom is -0.352 e. The van der Waals surface area contributed by atoms with Crippen molar-refractivity contribution < 1.29 is 4.79 Å². The second-order valence-electron chi connectivity index (χ2n) is 4.54. The molecule has 20 heavy (non-hydrogen) atoms. The molecule has 0 aliphatic carbocycles. The molecule has 0 N–H and O–H groups in total. The van der Waals surface area contributed by atoms with Crippen molar-refractivity contribution in [3.8, 4) is 0 Å². The summed E-state index contributed by atoms with van der Waals surface area (Å²) in [5.41, 5.74) is 2.25. The number of carbonyl (C=O) groups is 1. The van der Waals surface area contributed by atoms with Crippen LogP contribution in [0, 0.1) is 0 Å². The van der Waals surface area contributed by atoms with E-state index in [1.165, 1.54) is 0 Å². The normalized spacial score (nSPS) is 10.7. The number of aldehydes is 1. The molecule has 0 unspecified atom stereocenters. The lowest BCUT2D eigenvalue weighted by Gasteiger charge is -2.16. The Kier molecular flexibility index (Phi) is 3.16. The van der Waals surface area contributed by atoms with Crippen LogP contribution in [0.15, 0.2) is 48.8 Å². The Balaban J connectivity index is 1.99. The first-order valence-corrected chi connectivity index (χ1v) is 6.33. The van der Waals surface area contributed by atoms with Gasteiger partial charge in [-0.3, -0.25) is 14.2 Å². The van der Waals surface area contributed by atoms with Crippen molar-refractivity contribution in [3.63, 3.8) is 0 Å². The van der Waals surface area contributed by atoms with Gasteiger partial charge in [-0.25, -0.2) is 4.98 Å². The van der Waals surface area contributed by atoms with Crippen LogP contribution >= 0.6 is 0 Å². The Morgan fingerprint density at radius 1 is 1.25 bits per heavy atom. The molecule has 3 heterocycles. The molecule has 3 aromatic rings. The molecule has 0 saturated heterocycles. The molecule has 0 bridgehead atoms. The lowest BCUT2D eigenvalue weighted by atomic mass is 10.3. The Labute approximate surface area is 116 Å². The molecule has 5 heteroatoms. The number of nitrogens with zero attached hydrogens (tertiary/aromatic N) is 4. The van der Waals surface area contributed by atoms with Gasteiger partial charge >= 0.3 is 0 Å². The minimum absolute atomic E-state index is 0.555. The predicted molar refractivity (Wildman–Crippen MR) is 76.9 cm³/mol. The summed E-state index contributed by atoms with van der Waals surface area (Å²) in [6, 6.07) is 11.4. The van der Waals surface area contributed by atoms with Crippen molar-refractivity contribution >= 4 is 17.8 Å². The SMILES string of the molecule is CN(Cc1ccccn1)c1nc2ccccn2c1C=O. The van der Waals surface area contributed by atoms with Gasteiger partial charge in [-0.15, -0.1) is 0 Å².